The van der Waals surface area contributed by atoms with E-state index in [0.717, 1.165) is 31.7 Å². The maximum Gasteiger partial charge on any atom is 0.211 e. The van der Waals surface area contributed by atoms with Crippen LogP contribution in [0, 0.1) is 11.3 Å². The minimum atomic E-state index is -0.148. The van der Waals surface area contributed by atoms with E-state index in [1.54, 1.807) is 16.7 Å². The SMILES string of the molecule is Cn1c(C(=O)c2ccccc2)c(N)c(C#N)c1N1CCCCC1. The van der Waals surface area contributed by atoms with Crippen LogP contribution >= 0.6 is 0 Å². The predicted octanol–water partition coefficient (Wildman–Crippen LogP) is 2.70. The van der Waals surface area contributed by atoms with Gasteiger partial charge in [-0.05, 0) is 19.3 Å². The summed E-state index contributed by atoms with van der Waals surface area (Å²) in [5.74, 6) is 0.620. The van der Waals surface area contributed by atoms with Crippen LogP contribution in [-0.2, 0) is 7.05 Å². The number of nitrogen functional groups attached to an aromatic ring is 1. The van der Waals surface area contributed by atoms with Crippen molar-refractivity contribution in [3.8, 4) is 6.07 Å². The van der Waals surface area contributed by atoms with Crippen LogP contribution in [0.15, 0.2) is 30.3 Å². The van der Waals surface area contributed by atoms with E-state index in [-0.39, 0.29) is 11.5 Å². The van der Waals surface area contributed by atoms with Crippen molar-refractivity contribution in [1.29, 1.82) is 5.26 Å². The minimum absolute atomic E-state index is 0.148. The molecule has 0 spiro atoms. The number of nitrogens with two attached hydrogens (primary N) is 1. The Morgan fingerprint density at radius 1 is 1.17 bits per heavy atom. The highest BCUT2D eigenvalue weighted by Gasteiger charge is 2.28. The van der Waals surface area contributed by atoms with Crippen molar-refractivity contribution in [1.82, 2.24) is 4.57 Å². The third kappa shape index (κ3) is 2.57. The van der Waals surface area contributed by atoms with Crippen molar-refractivity contribution in [2.45, 2.75) is 19.3 Å². The molecule has 1 fully saturated rings. The number of carbonyl (C=O) groups is 1. The zero-order valence-corrected chi connectivity index (χ0v) is 13.2. The van der Waals surface area contributed by atoms with Crippen molar-refractivity contribution < 1.29 is 4.79 Å². The lowest BCUT2D eigenvalue weighted by atomic mass is 10.1. The quantitative estimate of drug-likeness (QED) is 0.885. The highest BCUT2D eigenvalue weighted by Crippen LogP contribution is 2.34. The van der Waals surface area contributed by atoms with Gasteiger partial charge in [-0.1, -0.05) is 30.3 Å². The summed E-state index contributed by atoms with van der Waals surface area (Å²) in [5.41, 5.74) is 7.84. The van der Waals surface area contributed by atoms with Gasteiger partial charge in [0.1, 0.15) is 23.1 Å². The summed E-state index contributed by atoms with van der Waals surface area (Å²) >= 11 is 0. The maximum absolute atomic E-state index is 12.8. The fraction of sp³-hybridized carbons (Fsp3) is 0.333. The van der Waals surface area contributed by atoms with Gasteiger partial charge in [0.25, 0.3) is 0 Å². The number of hydrogen-bond acceptors (Lipinski definition) is 4. The van der Waals surface area contributed by atoms with E-state index in [4.69, 9.17) is 5.73 Å². The minimum Gasteiger partial charge on any atom is -0.396 e. The van der Waals surface area contributed by atoms with E-state index in [2.05, 4.69) is 11.0 Å². The molecular weight excluding hydrogens is 288 g/mol. The lowest BCUT2D eigenvalue weighted by Gasteiger charge is -2.29. The summed E-state index contributed by atoms with van der Waals surface area (Å²) in [7, 11) is 1.82. The van der Waals surface area contributed by atoms with Gasteiger partial charge in [0.2, 0.25) is 5.78 Å². The number of anilines is 2. The molecule has 0 atom stereocenters. The summed E-state index contributed by atoms with van der Waals surface area (Å²) in [6.45, 7) is 1.79. The van der Waals surface area contributed by atoms with Crippen LogP contribution in [0.25, 0.3) is 0 Å². The molecule has 0 saturated carbocycles. The molecule has 0 amide bonds. The first kappa shape index (κ1) is 15.2. The Bertz CT molecular complexity index is 765. The predicted molar refractivity (Wildman–Crippen MR) is 90.5 cm³/mol. The van der Waals surface area contributed by atoms with Crippen LogP contribution in [0.4, 0.5) is 11.5 Å². The van der Waals surface area contributed by atoms with E-state index in [1.807, 2.05) is 25.2 Å². The van der Waals surface area contributed by atoms with Crippen molar-refractivity contribution in [3.05, 3.63) is 47.2 Å². The van der Waals surface area contributed by atoms with Crippen molar-refractivity contribution in [2.24, 2.45) is 7.05 Å². The Morgan fingerprint density at radius 3 is 2.43 bits per heavy atom. The molecule has 2 N–H and O–H groups in total. The lowest BCUT2D eigenvalue weighted by molar-refractivity contribution is 0.103. The Hall–Kier alpha value is -2.74. The molecule has 118 valence electrons. The zero-order chi connectivity index (χ0) is 16.4. The van der Waals surface area contributed by atoms with E-state index >= 15 is 0 Å². The number of ketones is 1. The molecule has 1 aromatic carbocycles. The Balaban J connectivity index is 2.10. The second-order valence-electron chi connectivity index (χ2n) is 5.87. The second-order valence-corrected chi connectivity index (χ2v) is 5.87. The average Bonchev–Trinajstić information content (AvgIpc) is 2.85. The third-order valence-electron chi connectivity index (χ3n) is 4.42. The van der Waals surface area contributed by atoms with Crippen LogP contribution in [0.2, 0.25) is 0 Å². The fourth-order valence-electron chi connectivity index (χ4n) is 3.28. The molecule has 0 radical (unpaired) electrons. The number of carbonyl (C=O) groups excluding carboxylic acids is 1. The smallest absolute Gasteiger partial charge is 0.211 e. The molecular formula is C18H20N4O. The van der Waals surface area contributed by atoms with Crippen LogP contribution in [0.3, 0.4) is 0 Å². The third-order valence-corrected chi connectivity index (χ3v) is 4.42. The number of benzene rings is 1. The van der Waals surface area contributed by atoms with Gasteiger partial charge >= 0.3 is 0 Å². The molecule has 1 aliphatic rings. The molecule has 0 unspecified atom stereocenters. The molecule has 3 rings (SSSR count). The molecule has 0 aliphatic carbocycles. The first-order valence-electron chi connectivity index (χ1n) is 7.88. The van der Waals surface area contributed by atoms with Crippen LogP contribution < -0.4 is 10.6 Å². The number of nitriles is 1. The van der Waals surface area contributed by atoms with Gasteiger partial charge in [0.05, 0.1) is 5.69 Å². The Kier molecular flexibility index (Phi) is 4.07. The molecule has 0 bridgehead atoms. The van der Waals surface area contributed by atoms with E-state index in [9.17, 15) is 10.1 Å². The van der Waals surface area contributed by atoms with Crippen LogP contribution in [0.1, 0.15) is 40.9 Å². The zero-order valence-electron chi connectivity index (χ0n) is 13.2. The van der Waals surface area contributed by atoms with E-state index < -0.39 is 0 Å². The number of hydrogen-bond donors (Lipinski definition) is 1. The van der Waals surface area contributed by atoms with Gasteiger partial charge < -0.3 is 15.2 Å². The maximum atomic E-state index is 12.8. The molecule has 1 aromatic heterocycles. The molecule has 2 aromatic rings. The fourth-order valence-corrected chi connectivity index (χ4v) is 3.28. The number of rotatable bonds is 3. The van der Waals surface area contributed by atoms with Crippen molar-refractivity contribution in [2.75, 3.05) is 23.7 Å². The van der Waals surface area contributed by atoms with Crippen LogP contribution in [-0.4, -0.2) is 23.4 Å². The molecule has 5 heteroatoms. The van der Waals surface area contributed by atoms with Crippen molar-refractivity contribution in [3.63, 3.8) is 0 Å². The Labute approximate surface area is 135 Å². The van der Waals surface area contributed by atoms with Gasteiger partial charge in [-0.3, -0.25) is 4.79 Å². The second kappa shape index (κ2) is 6.17. The van der Waals surface area contributed by atoms with E-state index in [1.165, 1.54) is 6.42 Å². The number of nitrogens with zero attached hydrogens (tertiary/aromatic N) is 3. The van der Waals surface area contributed by atoms with Gasteiger partial charge in [-0.25, -0.2) is 0 Å². The number of piperidine rings is 1. The normalized spacial score (nSPS) is 14.5. The Morgan fingerprint density at radius 2 is 1.83 bits per heavy atom. The molecule has 1 aliphatic heterocycles. The first-order valence-corrected chi connectivity index (χ1v) is 7.88. The van der Waals surface area contributed by atoms with Crippen LogP contribution in [0.5, 0.6) is 0 Å². The monoisotopic (exact) mass is 308 g/mol. The summed E-state index contributed by atoms with van der Waals surface area (Å²) in [6.07, 6.45) is 3.39. The van der Waals surface area contributed by atoms with E-state index in [0.29, 0.717) is 16.8 Å². The summed E-state index contributed by atoms with van der Waals surface area (Å²) in [5, 5.41) is 9.54. The molecule has 5 nitrogen and oxygen atoms in total. The summed E-state index contributed by atoms with van der Waals surface area (Å²) < 4.78 is 1.79. The lowest BCUT2D eigenvalue weighted by Crippen LogP contribution is -2.31. The van der Waals surface area contributed by atoms with Gasteiger partial charge in [-0.15, -0.1) is 0 Å². The summed E-state index contributed by atoms with van der Waals surface area (Å²) in [4.78, 5) is 15.0. The molecule has 23 heavy (non-hydrogen) atoms. The average molecular weight is 308 g/mol. The highest BCUT2D eigenvalue weighted by molar-refractivity contribution is 6.12. The van der Waals surface area contributed by atoms with Gasteiger partial charge in [-0.2, -0.15) is 5.26 Å². The topological polar surface area (TPSA) is 75.0 Å². The van der Waals surface area contributed by atoms with Crippen molar-refractivity contribution >= 4 is 17.3 Å². The van der Waals surface area contributed by atoms with Gasteiger partial charge in [0.15, 0.2) is 0 Å². The molecule has 1 saturated heterocycles. The molecule has 2 heterocycles. The number of aromatic nitrogens is 1. The largest absolute Gasteiger partial charge is 0.396 e. The highest BCUT2D eigenvalue weighted by atomic mass is 16.1. The summed E-state index contributed by atoms with van der Waals surface area (Å²) in [6, 6.07) is 11.2. The first-order chi connectivity index (χ1) is 11.1. The van der Waals surface area contributed by atoms with Gasteiger partial charge in [0, 0.05) is 25.7 Å². The standard InChI is InChI=1S/C18H20N4O/c1-21-16(17(23)13-8-4-2-5-9-13)15(20)14(12-19)18(21)22-10-6-3-7-11-22/h2,4-5,8-9H,3,6-7,10-11,20H2,1H3.